The average Bonchev–Trinajstić information content (AvgIpc) is 3.14. The van der Waals surface area contributed by atoms with Crippen LogP contribution < -0.4 is 5.32 Å². The van der Waals surface area contributed by atoms with Crippen LogP contribution in [0.25, 0.3) is 10.2 Å². The van der Waals surface area contributed by atoms with E-state index in [1.165, 1.54) is 16.8 Å². The molecule has 1 amide bonds. The first-order valence-corrected chi connectivity index (χ1v) is 10.4. The third-order valence-corrected chi connectivity index (χ3v) is 6.44. The number of thiazole rings is 1. The number of rotatable bonds is 5. The number of anilines is 1. The summed E-state index contributed by atoms with van der Waals surface area (Å²) in [7, 11) is 0. The number of nitro benzene ring substituents is 1. The Morgan fingerprint density at radius 2 is 2.17 bits per heavy atom. The Labute approximate surface area is 172 Å². The SMILES string of the molecule is Cc1ccc([N+](=O)[O-])cc1NC(=O)CN1CCC[C@@H](c2nc3ccccc3s2)C1. The maximum atomic E-state index is 12.6. The van der Waals surface area contributed by atoms with E-state index in [1.807, 2.05) is 25.1 Å². The molecule has 2 heterocycles. The van der Waals surface area contributed by atoms with Crippen molar-refractivity contribution in [3.05, 3.63) is 63.1 Å². The summed E-state index contributed by atoms with van der Waals surface area (Å²) >= 11 is 1.73. The van der Waals surface area contributed by atoms with E-state index in [2.05, 4.69) is 16.3 Å². The summed E-state index contributed by atoms with van der Waals surface area (Å²) in [6, 6.07) is 12.6. The Balaban J connectivity index is 1.41. The van der Waals surface area contributed by atoms with Gasteiger partial charge in [-0.2, -0.15) is 0 Å². The van der Waals surface area contributed by atoms with Crippen LogP contribution in [-0.2, 0) is 4.79 Å². The minimum absolute atomic E-state index is 0.0280. The van der Waals surface area contributed by atoms with Crippen molar-refractivity contribution >= 4 is 38.8 Å². The molecular formula is C21H22N4O3S. The lowest BCUT2D eigenvalue weighted by Crippen LogP contribution is -2.39. The van der Waals surface area contributed by atoms with Gasteiger partial charge in [-0.25, -0.2) is 4.98 Å². The predicted molar refractivity (Wildman–Crippen MR) is 114 cm³/mol. The molecule has 1 aliphatic heterocycles. The Kier molecular flexibility index (Phi) is 5.55. The molecule has 3 aromatic rings. The molecule has 1 N–H and O–H groups in total. The van der Waals surface area contributed by atoms with Gasteiger partial charge in [-0.3, -0.25) is 19.8 Å². The number of nitrogens with one attached hydrogen (secondary N) is 1. The van der Waals surface area contributed by atoms with Gasteiger partial charge in [-0.1, -0.05) is 18.2 Å². The molecule has 0 aliphatic carbocycles. The molecule has 8 heteroatoms. The Morgan fingerprint density at radius 1 is 1.34 bits per heavy atom. The zero-order valence-electron chi connectivity index (χ0n) is 16.1. The van der Waals surface area contributed by atoms with E-state index in [-0.39, 0.29) is 18.1 Å². The van der Waals surface area contributed by atoms with Crippen LogP contribution in [0.15, 0.2) is 42.5 Å². The lowest BCUT2D eigenvalue weighted by Gasteiger charge is -2.31. The van der Waals surface area contributed by atoms with Crippen LogP contribution in [0.1, 0.15) is 29.3 Å². The molecular weight excluding hydrogens is 388 g/mol. The summed E-state index contributed by atoms with van der Waals surface area (Å²) < 4.78 is 1.19. The molecule has 4 rings (SSSR count). The summed E-state index contributed by atoms with van der Waals surface area (Å²) in [4.78, 5) is 30.0. The van der Waals surface area contributed by atoms with Crippen molar-refractivity contribution in [1.29, 1.82) is 0 Å². The molecule has 1 aliphatic rings. The van der Waals surface area contributed by atoms with Crippen molar-refractivity contribution in [2.24, 2.45) is 0 Å². The van der Waals surface area contributed by atoms with E-state index in [9.17, 15) is 14.9 Å². The summed E-state index contributed by atoms with van der Waals surface area (Å²) in [5.41, 5.74) is 2.29. The van der Waals surface area contributed by atoms with Gasteiger partial charge in [0.15, 0.2) is 0 Å². The minimum atomic E-state index is -0.456. The number of piperidine rings is 1. The molecule has 1 atom stereocenters. The highest BCUT2D eigenvalue weighted by molar-refractivity contribution is 7.18. The van der Waals surface area contributed by atoms with E-state index in [1.54, 1.807) is 17.4 Å². The number of likely N-dealkylation sites (tertiary alicyclic amines) is 1. The van der Waals surface area contributed by atoms with Crippen LogP contribution in [-0.4, -0.2) is 40.3 Å². The van der Waals surface area contributed by atoms with E-state index >= 15 is 0 Å². The van der Waals surface area contributed by atoms with Crippen LogP contribution >= 0.6 is 11.3 Å². The van der Waals surface area contributed by atoms with Crippen LogP contribution in [0.4, 0.5) is 11.4 Å². The van der Waals surface area contributed by atoms with E-state index < -0.39 is 4.92 Å². The monoisotopic (exact) mass is 410 g/mol. The van der Waals surface area contributed by atoms with Gasteiger partial charge in [0, 0.05) is 24.6 Å². The molecule has 0 saturated carbocycles. The van der Waals surface area contributed by atoms with Crippen molar-refractivity contribution in [2.75, 3.05) is 25.0 Å². The molecule has 7 nitrogen and oxygen atoms in total. The number of para-hydroxylation sites is 1. The van der Waals surface area contributed by atoms with Crippen molar-refractivity contribution in [1.82, 2.24) is 9.88 Å². The first-order chi connectivity index (χ1) is 14.0. The zero-order chi connectivity index (χ0) is 20.4. The second-order valence-electron chi connectivity index (χ2n) is 7.40. The highest BCUT2D eigenvalue weighted by Crippen LogP contribution is 2.33. The number of carbonyl (C=O) groups is 1. The van der Waals surface area contributed by atoms with E-state index in [4.69, 9.17) is 4.98 Å². The standard InChI is InChI=1S/C21H22N4O3S/c1-14-8-9-16(25(27)28)11-18(14)22-20(26)13-24-10-4-5-15(12-24)21-23-17-6-2-3-7-19(17)29-21/h2-3,6-9,11,15H,4-5,10,12-13H2,1H3,(H,22,26)/t15-/m1/s1. The molecule has 1 fully saturated rings. The quantitative estimate of drug-likeness (QED) is 0.500. The predicted octanol–water partition coefficient (Wildman–Crippen LogP) is 4.33. The number of aryl methyl sites for hydroxylation is 1. The Bertz CT molecular complexity index is 1030. The summed E-state index contributed by atoms with van der Waals surface area (Å²) in [6.07, 6.45) is 2.09. The number of hydrogen-bond acceptors (Lipinski definition) is 6. The molecule has 150 valence electrons. The number of fused-ring (bicyclic) bond motifs is 1. The third-order valence-electron chi connectivity index (χ3n) is 5.24. The van der Waals surface area contributed by atoms with Crippen molar-refractivity contribution in [3.63, 3.8) is 0 Å². The van der Waals surface area contributed by atoms with Gasteiger partial charge in [0.05, 0.1) is 32.4 Å². The molecule has 0 bridgehead atoms. The van der Waals surface area contributed by atoms with Gasteiger partial charge >= 0.3 is 0 Å². The number of amides is 1. The van der Waals surface area contributed by atoms with Crippen LogP contribution in [0.2, 0.25) is 0 Å². The van der Waals surface area contributed by atoms with Gasteiger partial charge in [0.1, 0.15) is 0 Å². The average molecular weight is 410 g/mol. The number of aromatic nitrogens is 1. The lowest BCUT2D eigenvalue weighted by molar-refractivity contribution is -0.384. The Morgan fingerprint density at radius 3 is 2.97 bits per heavy atom. The lowest BCUT2D eigenvalue weighted by atomic mass is 9.99. The van der Waals surface area contributed by atoms with Crippen LogP contribution in [0, 0.1) is 17.0 Å². The minimum Gasteiger partial charge on any atom is -0.324 e. The van der Waals surface area contributed by atoms with Crippen LogP contribution in [0.5, 0.6) is 0 Å². The molecule has 0 spiro atoms. The normalized spacial score (nSPS) is 17.3. The number of carbonyl (C=O) groups excluding carboxylic acids is 1. The van der Waals surface area contributed by atoms with Gasteiger partial charge in [0.2, 0.25) is 5.91 Å². The van der Waals surface area contributed by atoms with Gasteiger partial charge in [-0.05, 0) is 44.0 Å². The third kappa shape index (κ3) is 4.44. The maximum Gasteiger partial charge on any atom is 0.271 e. The number of hydrogen-bond donors (Lipinski definition) is 1. The highest BCUT2D eigenvalue weighted by atomic mass is 32.1. The second-order valence-corrected chi connectivity index (χ2v) is 8.46. The van der Waals surface area contributed by atoms with Crippen molar-refractivity contribution in [2.45, 2.75) is 25.7 Å². The molecule has 2 aromatic carbocycles. The topological polar surface area (TPSA) is 88.4 Å². The van der Waals surface area contributed by atoms with Crippen molar-refractivity contribution in [3.8, 4) is 0 Å². The largest absolute Gasteiger partial charge is 0.324 e. The molecule has 0 radical (unpaired) electrons. The number of non-ortho nitro benzene ring substituents is 1. The zero-order valence-corrected chi connectivity index (χ0v) is 16.9. The molecule has 1 saturated heterocycles. The van der Waals surface area contributed by atoms with Crippen molar-refractivity contribution < 1.29 is 9.72 Å². The molecule has 29 heavy (non-hydrogen) atoms. The van der Waals surface area contributed by atoms with Crippen LogP contribution in [0.3, 0.4) is 0 Å². The maximum absolute atomic E-state index is 12.6. The number of nitrogens with zero attached hydrogens (tertiary/aromatic N) is 3. The smallest absolute Gasteiger partial charge is 0.271 e. The summed E-state index contributed by atoms with van der Waals surface area (Å²) in [5.74, 6) is 0.173. The molecule has 0 unspecified atom stereocenters. The number of benzene rings is 2. The van der Waals surface area contributed by atoms with Gasteiger partial charge in [0.25, 0.3) is 5.69 Å². The first-order valence-electron chi connectivity index (χ1n) is 9.62. The van der Waals surface area contributed by atoms with E-state index in [0.29, 0.717) is 11.6 Å². The summed E-state index contributed by atoms with van der Waals surface area (Å²) in [6.45, 7) is 3.75. The molecule has 1 aromatic heterocycles. The Hall–Kier alpha value is -2.84. The van der Waals surface area contributed by atoms with Gasteiger partial charge < -0.3 is 5.32 Å². The fourth-order valence-electron chi connectivity index (χ4n) is 3.72. The van der Waals surface area contributed by atoms with E-state index in [0.717, 1.165) is 42.0 Å². The highest BCUT2D eigenvalue weighted by Gasteiger charge is 2.25. The van der Waals surface area contributed by atoms with Gasteiger partial charge in [-0.15, -0.1) is 11.3 Å². The first kappa shape index (κ1) is 19.5. The summed E-state index contributed by atoms with van der Waals surface area (Å²) in [5, 5.41) is 14.9. The second kappa shape index (κ2) is 8.26. The fourth-order valence-corrected chi connectivity index (χ4v) is 4.81. The fraction of sp³-hybridized carbons (Fsp3) is 0.333. The number of nitro groups is 1.